The van der Waals surface area contributed by atoms with Crippen molar-refractivity contribution >= 4 is 23.6 Å². The van der Waals surface area contributed by atoms with Gasteiger partial charge in [0.2, 0.25) is 11.4 Å². The maximum absolute atomic E-state index is 11.9. The summed E-state index contributed by atoms with van der Waals surface area (Å²) in [6.07, 6.45) is 3.72. The van der Waals surface area contributed by atoms with Gasteiger partial charge in [-0.3, -0.25) is 0 Å². The van der Waals surface area contributed by atoms with Crippen molar-refractivity contribution in [1.29, 1.82) is 0 Å². The van der Waals surface area contributed by atoms with Gasteiger partial charge in [0.25, 0.3) is 0 Å². The molecule has 0 saturated carbocycles. The van der Waals surface area contributed by atoms with Crippen LogP contribution in [0.4, 0.5) is 5.69 Å². The largest absolute Gasteiger partial charge is 0.478 e. The maximum atomic E-state index is 11.9. The monoisotopic (exact) mass is 493 g/mol. The lowest BCUT2D eigenvalue weighted by atomic mass is 9.83. The van der Waals surface area contributed by atoms with Crippen molar-refractivity contribution in [1.82, 2.24) is 0 Å². The second-order valence-electron chi connectivity index (χ2n) is 8.11. The Hall–Kier alpha value is -4.37. The Morgan fingerprint density at radius 1 is 0.889 bits per heavy atom. The second kappa shape index (κ2) is 10.5. The summed E-state index contributed by atoms with van der Waals surface area (Å²) in [5.41, 5.74) is 6.21. The van der Waals surface area contributed by atoms with E-state index in [4.69, 9.17) is 24.7 Å². The number of para-hydroxylation sites is 1. The Morgan fingerprint density at radius 2 is 1.53 bits per heavy atom. The summed E-state index contributed by atoms with van der Waals surface area (Å²) in [5.74, 6) is -0.830. The maximum Gasteiger partial charge on any atom is 0.373 e. The van der Waals surface area contributed by atoms with Crippen LogP contribution >= 0.6 is 0 Å². The van der Waals surface area contributed by atoms with E-state index in [0.29, 0.717) is 11.4 Å². The number of ether oxygens (including phenoxy) is 3. The number of benzene rings is 2. The number of aryl methyl sites for hydroxylation is 1. The van der Waals surface area contributed by atoms with Gasteiger partial charge in [-0.15, -0.1) is 0 Å². The average molecular weight is 494 g/mol. The van der Waals surface area contributed by atoms with Crippen LogP contribution < -0.4 is 5.73 Å². The lowest BCUT2D eigenvalue weighted by Gasteiger charge is -2.21. The van der Waals surface area contributed by atoms with Gasteiger partial charge in [-0.25, -0.2) is 14.4 Å². The van der Waals surface area contributed by atoms with E-state index in [9.17, 15) is 14.4 Å². The molecule has 9 nitrogen and oxygen atoms in total. The molecule has 1 aromatic heterocycles. The fourth-order valence-corrected chi connectivity index (χ4v) is 3.92. The minimum absolute atomic E-state index is 0.155. The number of carbonyl (C=O) groups is 3. The minimum atomic E-state index is -1.03. The van der Waals surface area contributed by atoms with Crippen LogP contribution in [0.25, 0.3) is 0 Å². The molecule has 3 aromatic rings. The molecule has 2 aliphatic heterocycles. The van der Waals surface area contributed by atoms with E-state index >= 15 is 0 Å². The molecular formula is C27H27NO8. The summed E-state index contributed by atoms with van der Waals surface area (Å²) < 4.78 is 20.1. The highest BCUT2D eigenvalue weighted by atomic mass is 16.6. The molecule has 2 unspecified atom stereocenters. The standard InChI is InChI=1S/C13H12O3.C7H7NO2.C7H8O3/c1-12-7-8-13(16-12,11(14)15-2)10-6-4-3-5-9(10)12;8-6-4-2-1-3-5(6)7(9)10;1-5-3-4-6(10-5)7(8)9-2/h3-8H,1-2H3;1-4H,8H2,(H,9,10);3-4H,1-2H3. The average Bonchev–Trinajstić information content (AvgIpc) is 3.55. The molecule has 2 atom stereocenters. The first-order valence-corrected chi connectivity index (χ1v) is 10.9. The number of carboxylic acids is 1. The number of fused-ring (bicyclic) bond motifs is 5. The summed E-state index contributed by atoms with van der Waals surface area (Å²) >= 11 is 0. The number of anilines is 1. The second-order valence-corrected chi connectivity index (χ2v) is 8.11. The van der Waals surface area contributed by atoms with Crippen LogP contribution in [-0.2, 0) is 30.2 Å². The molecule has 0 aliphatic carbocycles. The molecule has 0 spiro atoms. The Bertz CT molecular complexity index is 1310. The summed E-state index contributed by atoms with van der Waals surface area (Å²) in [7, 11) is 2.70. The van der Waals surface area contributed by atoms with Crippen LogP contribution in [0.3, 0.4) is 0 Å². The molecule has 0 fully saturated rings. The molecule has 2 aliphatic rings. The third kappa shape index (κ3) is 5.01. The van der Waals surface area contributed by atoms with Crippen molar-refractivity contribution in [3.05, 3.63) is 101 Å². The number of carboxylic acid groups (broad SMARTS) is 1. The first kappa shape index (κ1) is 26.2. The number of hydrogen-bond donors (Lipinski definition) is 2. The third-order valence-electron chi connectivity index (χ3n) is 5.68. The fraction of sp³-hybridized carbons (Fsp3) is 0.222. The molecule has 36 heavy (non-hydrogen) atoms. The molecule has 9 heteroatoms. The van der Waals surface area contributed by atoms with E-state index < -0.39 is 23.1 Å². The van der Waals surface area contributed by atoms with E-state index in [1.807, 2.05) is 37.3 Å². The van der Waals surface area contributed by atoms with Crippen LogP contribution in [0.1, 0.15) is 44.7 Å². The first-order chi connectivity index (χ1) is 17.1. The number of hydrogen-bond acceptors (Lipinski definition) is 8. The van der Waals surface area contributed by atoms with Crippen LogP contribution in [0, 0.1) is 6.92 Å². The van der Waals surface area contributed by atoms with Gasteiger partial charge < -0.3 is 29.5 Å². The normalized spacial score (nSPS) is 20.2. The topological polar surface area (TPSA) is 138 Å². The molecule has 0 saturated heterocycles. The molecule has 0 radical (unpaired) electrons. The zero-order valence-corrected chi connectivity index (χ0v) is 20.3. The number of aromatic carboxylic acids is 1. The Morgan fingerprint density at radius 3 is 2.06 bits per heavy atom. The van der Waals surface area contributed by atoms with Crippen molar-refractivity contribution in [2.45, 2.75) is 25.0 Å². The van der Waals surface area contributed by atoms with Gasteiger partial charge in [0.1, 0.15) is 11.4 Å². The SMILES string of the molecule is COC(=O)C12C=CC(C)(O1)c1ccccc12.COC(=O)c1ccc(C)o1.Nc1ccccc1C(=O)O. The van der Waals surface area contributed by atoms with Crippen LogP contribution in [0.2, 0.25) is 0 Å². The molecule has 5 rings (SSSR count). The Labute approximate surface area is 208 Å². The first-order valence-electron chi connectivity index (χ1n) is 10.9. The number of methoxy groups -OCH3 is 2. The van der Waals surface area contributed by atoms with Gasteiger partial charge in [0, 0.05) is 11.3 Å². The third-order valence-corrected chi connectivity index (χ3v) is 5.68. The van der Waals surface area contributed by atoms with Crippen molar-refractivity contribution in [3.63, 3.8) is 0 Å². The zero-order valence-electron chi connectivity index (χ0n) is 20.3. The lowest BCUT2D eigenvalue weighted by molar-refractivity contribution is -0.168. The quantitative estimate of drug-likeness (QED) is 0.312. The van der Waals surface area contributed by atoms with Crippen LogP contribution in [0.5, 0.6) is 0 Å². The molecule has 3 heterocycles. The summed E-state index contributed by atoms with van der Waals surface area (Å²) in [6.45, 7) is 3.73. The highest BCUT2D eigenvalue weighted by molar-refractivity contribution is 5.93. The van der Waals surface area contributed by atoms with Gasteiger partial charge in [-0.05, 0) is 55.8 Å². The van der Waals surface area contributed by atoms with Crippen LogP contribution in [0.15, 0.2) is 77.2 Å². The van der Waals surface area contributed by atoms with Gasteiger partial charge in [-0.2, -0.15) is 0 Å². The predicted octanol–water partition coefficient (Wildman–Crippen LogP) is 4.21. The van der Waals surface area contributed by atoms with E-state index in [1.54, 1.807) is 43.3 Å². The number of carbonyl (C=O) groups excluding carboxylic acids is 2. The van der Waals surface area contributed by atoms with E-state index in [2.05, 4.69) is 4.74 Å². The van der Waals surface area contributed by atoms with Crippen molar-refractivity contribution < 1.29 is 38.1 Å². The molecule has 2 aromatic carbocycles. The van der Waals surface area contributed by atoms with Crippen molar-refractivity contribution in [2.75, 3.05) is 20.0 Å². The summed E-state index contributed by atoms with van der Waals surface area (Å²) in [4.78, 5) is 33.0. The minimum Gasteiger partial charge on any atom is -0.478 e. The molecule has 2 bridgehead atoms. The number of esters is 2. The highest BCUT2D eigenvalue weighted by Gasteiger charge is 2.58. The number of rotatable bonds is 3. The number of furan rings is 1. The van der Waals surface area contributed by atoms with Gasteiger partial charge in [-0.1, -0.05) is 36.4 Å². The zero-order chi connectivity index (χ0) is 26.5. The summed E-state index contributed by atoms with van der Waals surface area (Å²) in [6, 6.07) is 17.4. The Kier molecular flexibility index (Phi) is 7.65. The predicted molar refractivity (Wildman–Crippen MR) is 130 cm³/mol. The van der Waals surface area contributed by atoms with Gasteiger partial charge >= 0.3 is 17.9 Å². The molecule has 3 N–H and O–H groups in total. The fourth-order valence-electron chi connectivity index (χ4n) is 3.92. The lowest BCUT2D eigenvalue weighted by Crippen LogP contribution is -2.33. The van der Waals surface area contributed by atoms with Crippen LogP contribution in [-0.4, -0.2) is 37.2 Å². The van der Waals surface area contributed by atoms with Gasteiger partial charge in [0.15, 0.2) is 0 Å². The van der Waals surface area contributed by atoms with E-state index in [0.717, 1.165) is 11.1 Å². The highest BCUT2D eigenvalue weighted by Crippen LogP contribution is 2.54. The number of nitrogen functional groups attached to an aromatic ring is 1. The number of nitrogens with two attached hydrogens (primary N) is 1. The van der Waals surface area contributed by atoms with Crippen molar-refractivity contribution in [2.24, 2.45) is 0 Å². The molecule has 0 amide bonds. The molecular weight excluding hydrogens is 466 g/mol. The van der Waals surface area contributed by atoms with Crippen molar-refractivity contribution in [3.8, 4) is 0 Å². The van der Waals surface area contributed by atoms with E-state index in [1.165, 1.54) is 20.3 Å². The summed E-state index contributed by atoms with van der Waals surface area (Å²) in [5, 5.41) is 8.49. The van der Waals surface area contributed by atoms with E-state index in [-0.39, 0.29) is 17.3 Å². The smallest absolute Gasteiger partial charge is 0.373 e. The van der Waals surface area contributed by atoms with Gasteiger partial charge in [0.05, 0.1) is 19.8 Å². The Balaban J connectivity index is 0.000000159. The molecule has 188 valence electrons.